The number of nitrogens with zero attached hydrogens (tertiary/aromatic N) is 1. The van der Waals surface area contributed by atoms with Gasteiger partial charge < -0.3 is 14.8 Å². The number of halogens is 3. The van der Waals surface area contributed by atoms with Gasteiger partial charge in [0.2, 0.25) is 0 Å². The molecule has 0 saturated heterocycles. The van der Waals surface area contributed by atoms with Crippen molar-refractivity contribution in [3.05, 3.63) is 63.5 Å². The van der Waals surface area contributed by atoms with E-state index in [9.17, 15) is 18.8 Å². The standard InChI is InChI=1S/C25H25Cl2FN2O5/c1-5-34-23(32)22-21(29-11-10-19(31)15-8-6-7-9-17(15)28)20-16(27)12-14(26)13-18(20)30(22)24(33)35-25(2,3)4/h6-9,12-13,29H,5,10-11H2,1-4H3. The predicted octanol–water partition coefficient (Wildman–Crippen LogP) is 6.73. The highest BCUT2D eigenvalue weighted by molar-refractivity contribution is 6.40. The molecule has 0 unspecified atom stereocenters. The molecular weight excluding hydrogens is 498 g/mol. The molecule has 35 heavy (non-hydrogen) atoms. The van der Waals surface area contributed by atoms with Gasteiger partial charge in [0.1, 0.15) is 11.4 Å². The molecule has 0 aliphatic heterocycles. The molecule has 0 amide bonds. The van der Waals surface area contributed by atoms with E-state index in [1.807, 2.05) is 0 Å². The number of nitrogens with one attached hydrogen (secondary N) is 1. The fourth-order valence-electron chi connectivity index (χ4n) is 3.52. The Morgan fingerprint density at radius 2 is 1.80 bits per heavy atom. The number of rotatable bonds is 7. The van der Waals surface area contributed by atoms with Crippen molar-refractivity contribution in [3.8, 4) is 0 Å². The van der Waals surface area contributed by atoms with Gasteiger partial charge in [-0.1, -0.05) is 35.3 Å². The maximum Gasteiger partial charge on any atom is 0.419 e. The van der Waals surface area contributed by atoms with Crippen LogP contribution in [-0.4, -0.2) is 41.2 Å². The van der Waals surface area contributed by atoms with Gasteiger partial charge in [-0.25, -0.2) is 18.5 Å². The van der Waals surface area contributed by atoms with E-state index in [0.29, 0.717) is 5.39 Å². The molecule has 1 N–H and O–H groups in total. The van der Waals surface area contributed by atoms with Crippen molar-refractivity contribution in [2.75, 3.05) is 18.5 Å². The van der Waals surface area contributed by atoms with Gasteiger partial charge in [-0.05, 0) is 52.0 Å². The molecule has 0 spiro atoms. The van der Waals surface area contributed by atoms with Gasteiger partial charge in [0.05, 0.1) is 28.4 Å². The summed E-state index contributed by atoms with van der Waals surface area (Å²) in [5, 5.41) is 3.74. The Labute approximate surface area is 212 Å². The highest BCUT2D eigenvalue weighted by atomic mass is 35.5. The summed E-state index contributed by atoms with van der Waals surface area (Å²) in [4.78, 5) is 38.7. The van der Waals surface area contributed by atoms with Crippen LogP contribution in [0.25, 0.3) is 10.9 Å². The minimum atomic E-state index is -0.859. The summed E-state index contributed by atoms with van der Waals surface area (Å²) >= 11 is 12.7. The number of hydrogen-bond donors (Lipinski definition) is 1. The first-order valence-corrected chi connectivity index (χ1v) is 11.7. The van der Waals surface area contributed by atoms with Crippen molar-refractivity contribution in [2.45, 2.75) is 39.7 Å². The summed E-state index contributed by atoms with van der Waals surface area (Å²) < 4.78 is 25.8. The maximum absolute atomic E-state index is 14.0. The zero-order valence-corrected chi connectivity index (χ0v) is 21.2. The first kappa shape index (κ1) is 26.5. The smallest absolute Gasteiger partial charge is 0.419 e. The molecule has 0 bridgehead atoms. The minimum Gasteiger partial charge on any atom is -0.461 e. The number of carbonyl (C=O) groups excluding carboxylic acids is 3. The zero-order valence-electron chi connectivity index (χ0n) is 19.7. The van der Waals surface area contributed by atoms with Gasteiger partial charge in [-0.3, -0.25) is 4.79 Å². The number of ketones is 1. The van der Waals surface area contributed by atoms with Gasteiger partial charge in [-0.15, -0.1) is 0 Å². The second kappa shape index (κ2) is 10.7. The van der Waals surface area contributed by atoms with Gasteiger partial charge in [0, 0.05) is 23.4 Å². The molecule has 1 aromatic heterocycles. The van der Waals surface area contributed by atoms with Crippen LogP contribution in [0, 0.1) is 5.82 Å². The van der Waals surface area contributed by atoms with E-state index in [-0.39, 0.29) is 52.1 Å². The fourth-order valence-corrected chi connectivity index (χ4v) is 4.10. The van der Waals surface area contributed by atoms with E-state index >= 15 is 0 Å². The number of hydrogen-bond acceptors (Lipinski definition) is 6. The van der Waals surface area contributed by atoms with E-state index < -0.39 is 29.3 Å². The van der Waals surface area contributed by atoms with E-state index in [1.165, 1.54) is 30.3 Å². The number of esters is 1. The van der Waals surface area contributed by atoms with Crippen molar-refractivity contribution in [2.24, 2.45) is 0 Å². The van der Waals surface area contributed by atoms with Crippen LogP contribution >= 0.6 is 23.2 Å². The van der Waals surface area contributed by atoms with Gasteiger partial charge in [0.15, 0.2) is 11.5 Å². The quantitative estimate of drug-likeness (QED) is 0.273. The lowest BCUT2D eigenvalue weighted by Gasteiger charge is -2.20. The Hall–Kier alpha value is -3.10. The molecule has 0 radical (unpaired) electrons. The van der Waals surface area contributed by atoms with Crippen LogP contribution in [0.15, 0.2) is 36.4 Å². The number of fused-ring (bicyclic) bond motifs is 1. The molecule has 3 aromatic rings. The summed E-state index contributed by atoms with van der Waals surface area (Å²) in [7, 11) is 0. The zero-order chi connectivity index (χ0) is 25.9. The normalized spacial score (nSPS) is 11.4. The third-order valence-electron chi connectivity index (χ3n) is 4.86. The fraction of sp³-hybridized carbons (Fsp3) is 0.320. The number of aromatic nitrogens is 1. The molecule has 2 aromatic carbocycles. The molecule has 0 fully saturated rings. The summed E-state index contributed by atoms with van der Waals surface area (Å²) in [6.45, 7) is 6.76. The molecule has 0 aliphatic carbocycles. The number of benzene rings is 2. The van der Waals surface area contributed by atoms with Crippen molar-refractivity contribution >= 4 is 57.6 Å². The first-order chi connectivity index (χ1) is 16.4. The Bertz CT molecular complexity index is 1300. The van der Waals surface area contributed by atoms with Crippen LogP contribution < -0.4 is 5.32 Å². The van der Waals surface area contributed by atoms with Crippen LogP contribution in [0.2, 0.25) is 10.0 Å². The van der Waals surface area contributed by atoms with E-state index in [4.69, 9.17) is 32.7 Å². The van der Waals surface area contributed by atoms with Crippen molar-refractivity contribution in [3.63, 3.8) is 0 Å². The summed E-state index contributed by atoms with van der Waals surface area (Å²) in [6.07, 6.45) is -0.924. The number of ether oxygens (including phenoxy) is 2. The van der Waals surface area contributed by atoms with Crippen LogP contribution in [-0.2, 0) is 9.47 Å². The van der Waals surface area contributed by atoms with Gasteiger partial charge in [-0.2, -0.15) is 0 Å². The summed E-state index contributed by atoms with van der Waals surface area (Å²) in [5.74, 6) is -1.85. The maximum atomic E-state index is 14.0. The molecular formula is C25H25Cl2FN2O5. The van der Waals surface area contributed by atoms with E-state index in [2.05, 4.69) is 5.32 Å². The summed E-state index contributed by atoms with van der Waals surface area (Å²) in [5.41, 5.74) is -0.656. The van der Waals surface area contributed by atoms with Crippen LogP contribution in [0.3, 0.4) is 0 Å². The molecule has 7 nitrogen and oxygen atoms in total. The lowest BCUT2D eigenvalue weighted by atomic mass is 10.1. The van der Waals surface area contributed by atoms with E-state index in [0.717, 1.165) is 4.57 Å². The van der Waals surface area contributed by atoms with E-state index in [1.54, 1.807) is 33.8 Å². The average molecular weight is 523 g/mol. The van der Waals surface area contributed by atoms with Crippen LogP contribution in [0.5, 0.6) is 0 Å². The highest BCUT2D eigenvalue weighted by Crippen LogP contribution is 2.39. The lowest BCUT2D eigenvalue weighted by molar-refractivity contribution is 0.0455. The molecule has 10 heteroatoms. The second-order valence-electron chi connectivity index (χ2n) is 8.62. The highest BCUT2D eigenvalue weighted by Gasteiger charge is 2.31. The first-order valence-electron chi connectivity index (χ1n) is 10.9. The molecule has 0 atom stereocenters. The third-order valence-corrected chi connectivity index (χ3v) is 5.37. The Kier molecular flexibility index (Phi) is 8.07. The Morgan fingerprint density at radius 3 is 2.43 bits per heavy atom. The Balaban J connectivity index is 2.09. The molecule has 3 rings (SSSR count). The second-order valence-corrected chi connectivity index (χ2v) is 9.47. The topological polar surface area (TPSA) is 86.6 Å². The van der Waals surface area contributed by atoms with Crippen molar-refractivity contribution in [1.29, 1.82) is 0 Å². The SMILES string of the molecule is CCOC(=O)c1c(NCCC(=O)c2ccccc2F)c2c(Cl)cc(Cl)cc2n1C(=O)OC(C)(C)C. The van der Waals surface area contributed by atoms with Gasteiger partial charge in [0.25, 0.3) is 0 Å². The number of Topliss-reactive ketones (excluding diaryl/α,β-unsaturated/α-hetero) is 1. The summed E-state index contributed by atoms with van der Waals surface area (Å²) in [6, 6.07) is 8.61. The monoisotopic (exact) mass is 522 g/mol. The average Bonchev–Trinajstić information content (AvgIpc) is 3.07. The minimum absolute atomic E-state index is 0.0198. The molecule has 1 heterocycles. The predicted molar refractivity (Wildman–Crippen MR) is 133 cm³/mol. The van der Waals surface area contributed by atoms with Crippen LogP contribution in [0.4, 0.5) is 14.9 Å². The molecule has 186 valence electrons. The van der Waals surface area contributed by atoms with Crippen molar-refractivity contribution < 1.29 is 28.2 Å². The number of carbonyl (C=O) groups is 3. The van der Waals surface area contributed by atoms with Crippen molar-refractivity contribution in [1.82, 2.24) is 4.57 Å². The van der Waals surface area contributed by atoms with Gasteiger partial charge >= 0.3 is 12.1 Å². The van der Waals surface area contributed by atoms with Crippen LogP contribution in [0.1, 0.15) is 55.0 Å². The molecule has 0 saturated carbocycles. The lowest BCUT2D eigenvalue weighted by Crippen LogP contribution is -2.29. The Morgan fingerprint density at radius 1 is 1.11 bits per heavy atom. The number of anilines is 1. The largest absolute Gasteiger partial charge is 0.461 e. The molecule has 0 aliphatic rings. The third kappa shape index (κ3) is 5.94.